The quantitative estimate of drug-likeness (QED) is 0.154. The van der Waals surface area contributed by atoms with Gasteiger partial charge in [0.2, 0.25) is 0 Å². The summed E-state index contributed by atoms with van der Waals surface area (Å²) >= 11 is 0. The molecule has 2 atom stereocenters. The molecule has 1 saturated heterocycles. The zero-order valence-electron chi connectivity index (χ0n) is 24.1. The van der Waals surface area contributed by atoms with Gasteiger partial charge in [0.05, 0.1) is 25.1 Å². The van der Waals surface area contributed by atoms with Gasteiger partial charge in [-0.1, -0.05) is 36.4 Å². The number of rotatable bonds is 10. The van der Waals surface area contributed by atoms with Crippen LogP contribution in [0.3, 0.4) is 0 Å². The highest BCUT2D eigenvalue weighted by molar-refractivity contribution is 6.46. The van der Waals surface area contributed by atoms with Crippen molar-refractivity contribution in [2.45, 2.75) is 45.1 Å². The van der Waals surface area contributed by atoms with E-state index in [1.54, 1.807) is 43.9 Å². The number of carbonyl (C=O) groups is 2. The Bertz CT molecular complexity index is 1660. The normalized spacial score (nSPS) is 18.9. The Morgan fingerprint density at radius 2 is 1.88 bits per heavy atom. The van der Waals surface area contributed by atoms with Crippen LogP contribution in [0.2, 0.25) is 0 Å². The van der Waals surface area contributed by atoms with Gasteiger partial charge in [0.15, 0.2) is 11.5 Å². The maximum Gasteiger partial charge on any atom is 0.295 e. The van der Waals surface area contributed by atoms with Crippen LogP contribution in [0.15, 0.2) is 91.0 Å². The number of carbonyl (C=O) groups excluding carboxylic acids is 2. The van der Waals surface area contributed by atoms with Crippen molar-refractivity contribution >= 4 is 17.4 Å². The Balaban J connectivity index is 1.36. The van der Waals surface area contributed by atoms with Gasteiger partial charge in [-0.15, -0.1) is 0 Å². The average molecular weight is 580 g/mol. The van der Waals surface area contributed by atoms with Gasteiger partial charge in [-0.2, -0.15) is 0 Å². The molecule has 2 aliphatic rings. The number of Topliss-reactive ketones (excluding diaryl/α,β-unsaturated/α-hetero) is 1. The molecule has 1 fully saturated rings. The monoisotopic (exact) mass is 579 g/mol. The summed E-state index contributed by atoms with van der Waals surface area (Å²) in [7, 11) is 1.55. The average Bonchev–Trinajstić information content (AvgIpc) is 3.74. The third-order valence-corrected chi connectivity index (χ3v) is 7.82. The summed E-state index contributed by atoms with van der Waals surface area (Å²) in [5.41, 5.74) is 3.09. The predicted molar refractivity (Wildman–Crippen MR) is 160 cm³/mol. The van der Waals surface area contributed by atoms with E-state index < -0.39 is 17.7 Å². The molecule has 4 aromatic rings. The van der Waals surface area contributed by atoms with Crippen molar-refractivity contribution in [3.63, 3.8) is 0 Å². The lowest BCUT2D eigenvalue weighted by atomic mass is 9.94. The minimum atomic E-state index is -0.816. The van der Waals surface area contributed by atoms with E-state index in [1.165, 1.54) is 4.90 Å². The Labute approximate surface area is 250 Å². The molecule has 6 rings (SSSR count). The number of likely N-dealkylation sites (tertiary alicyclic amines) is 1. The maximum absolute atomic E-state index is 13.6. The van der Waals surface area contributed by atoms with Crippen molar-refractivity contribution < 1.29 is 28.9 Å². The summed E-state index contributed by atoms with van der Waals surface area (Å²) in [6.07, 6.45) is 6.57. The number of aliphatic hydroxyl groups excluding tert-OH is 1. The summed E-state index contributed by atoms with van der Waals surface area (Å²) < 4.78 is 19.5. The second-order valence-corrected chi connectivity index (χ2v) is 10.8. The van der Waals surface area contributed by atoms with E-state index in [1.807, 2.05) is 60.2 Å². The summed E-state index contributed by atoms with van der Waals surface area (Å²) in [5, 5.41) is 11.6. The number of ketones is 1. The fraction of sp³-hybridized carbons (Fsp3) is 0.265. The molecule has 3 heterocycles. The van der Waals surface area contributed by atoms with E-state index in [0.717, 1.165) is 16.9 Å². The van der Waals surface area contributed by atoms with Gasteiger partial charge in [-0.3, -0.25) is 9.59 Å². The number of amides is 1. The number of aliphatic hydroxyl groups is 1. The Kier molecular flexibility index (Phi) is 7.87. The number of imidazole rings is 1. The summed E-state index contributed by atoms with van der Waals surface area (Å²) in [5.74, 6) is 0.154. The molecule has 43 heavy (non-hydrogen) atoms. The Morgan fingerprint density at radius 3 is 2.65 bits per heavy atom. The van der Waals surface area contributed by atoms with Crippen LogP contribution in [0.4, 0.5) is 0 Å². The van der Waals surface area contributed by atoms with E-state index in [-0.39, 0.29) is 17.4 Å². The fourth-order valence-electron chi connectivity index (χ4n) is 5.73. The molecule has 0 bridgehead atoms. The molecule has 3 aromatic carbocycles. The van der Waals surface area contributed by atoms with Crippen LogP contribution in [-0.2, 0) is 29.2 Å². The first-order valence-electron chi connectivity index (χ1n) is 14.3. The molecule has 0 spiro atoms. The van der Waals surface area contributed by atoms with Gasteiger partial charge in [0.1, 0.15) is 24.2 Å². The Hall–Kier alpha value is -5.05. The number of nitrogens with zero attached hydrogens (tertiary/aromatic N) is 3. The first-order chi connectivity index (χ1) is 20.9. The molecule has 1 aromatic heterocycles. The molecule has 0 saturated carbocycles. The van der Waals surface area contributed by atoms with Gasteiger partial charge in [-0.25, -0.2) is 4.98 Å². The molecular weight excluding hydrogens is 546 g/mol. The number of methoxy groups -OCH3 is 1. The van der Waals surface area contributed by atoms with Crippen molar-refractivity contribution in [1.29, 1.82) is 0 Å². The van der Waals surface area contributed by atoms with Gasteiger partial charge in [0.25, 0.3) is 11.7 Å². The van der Waals surface area contributed by atoms with Crippen LogP contribution in [0, 0.1) is 0 Å². The number of hydrogen-bond acceptors (Lipinski definition) is 7. The van der Waals surface area contributed by atoms with Crippen LogP contribution < -0.4 is 14.2 Å². The number of aromatic nitrogens is 2. The third-order valence-electron chi connectivity index (χ3n) is 7.82. The summed E-state index contributed by atoms with van der Waals surface area (Å²) in [6, 6.07) is 19.7. The van der Waals surface area contributed by atoms with Crippen LogP contribution in [0.25, 0.3) is 5.76 Å². The highest BCUT2D eigenvalue weighted by Crippen LogP contribution is 2.43. The van der Waals surface area contributed by atoms with Gasteiger partial charge < -0.3 is 28.8 Å². The van der Waals surface area contributed by atoms with Crippen LogP contribution in [-0.4, -0.2) is 51.0 Å². The molecular formula is C34H33N3O6. The molecule has 0 radical (unpaired) electrons. The zero-order chi connectivity index (χ0) is 29.9. The largest absolute Gasteiger partial charge is 0.507 e. The molecule has 1 amide bonds. The standard InChI is InChI=1S/C34H33N3O6/c1-22-17-26-18-25(10-11-27(26)43-22)32(38)30-31(37(34(40)33(30)39)15-6-14-36-16-13-35-21-36)24-9-12-28(29(19-24)41-2)42-20-23-7-4-3-5-8-23/h3-5,7-13,16,18-19,21-22,31,38H,6,14-15,17,20H2,1-2H3/b32-30+. The lowest BCUT2D eigenvalue weighted by molar-refractivity contribution is -0.139. The molecule has 220 valence electrons. The maximum atomic E-state index is 13.6. The van der Waals surface area contributed by atoms with Crippen molar-refractivity contribution in [2.75, 3.05) is 13.7 Å². The predicted octanol–water partition coefficient (Wildman–Crippen LogP) is 5.31. The Morgan fingerprint density at radius 1 is 1.05 bits per heavy atom. The lowest BCUT2D eigenvalue weighted by Crippen LogP contribution is -2.31. The van der Waals surface area contributed by atoms with E-state index in [0.29, 0.717) is 55.2 Å². The highest BCUT2D eigenvalue weighted by Gasteiger charge is 2.46. The fourth-order valence-corrected chi connectivity index (χ4v) is 5.73. The first kappa shape index (κ1) is 28.1. The second-order valence-electron chi connectivity index (χ2n) is 10.8. The first-order valence-corrected chi connectivity index (χ1v) is 14.3. The molecule has 2 unspecified atom stereocenters. The number of fused-ring (bicyclic) bond motifs is 1. The number of ether oxygens (including phenoxy) is 3. The highest BCUT2D eigenvalue weighted by atomic mass is 16.5. The van der Waals surface area contributed by atoms with E-state index in [2.05, 4.69) is 4.98 Å². The van der Waals surface area contributed by atoms with Crippen LogP contribution in [0.5, 0.6) is 17.2 Å². The number of aryl methyl sites for hydroxylation is 1. The third kappa shape index (κ3) is 5.70. The van der Waals surface area contributed by atoms with Crippen LogP contribution >= 0.6 is 0 Å². The summed E-state index contributed by atoms with van der Waals surface area (Å²) in [6.45, 7) is 3.25. The summed E-state index contributed by atoms with van der Waals surface area (Å²) in [4.78, 5) is 32.6. The molecule has 0 aliphatic carbocycles. The smallest absolute Gasteiger partial charge is 0.295 e. The zero-order valence-corrected chi connectivity index (χ0v) is 24.1. The topological polar surface area (TPSA) is 103 Å². The van der Waals surface area contributed by atoms with Crippen molar-refractivity contribution in [1.82, 2.24) is 14.5 Å². The molecule has 1 N–H and O–H groups in total. The van der Waals surface area contributed by atoms with Gasteiger partial charge in [-0.05, 0) is 60.4 Å². The van der Waals surface area contributed by atoms with Crippen molar-refractivity contribution in [3.05, 3.63) is 113 Å². The molecule has 9 nitrogen and oxygen atoms in total. The van der Waals surface area contributed by atoms with Gasteiger partial charge in [0, 0.05) is 37.5 Å². The van der Waals surface area contributed by atoms with E-state index >= 15 is 0 Å². The molecule has 9 heteroatoms. The van der Waals surface area contributed by atoms with E-state index in [4.69, 9.17) is 14.2 Å². The number of benzene rings is 3. The number of hydrogen-bond donors (Lipinski definition) is 1. The minimum Gasteiger partial charge on any atom is -0.507 e. The van der Waals surface area contributed by atoms with Gasteiger partial charge >= 0.3 is 0 Å². The van der Waals surface area contributed by atoms with E-state index in [9.17, 15) is 14.7 Å². The second kappa shape index (κ2) is 12.1. The lowest BCUT2D eigenvalue weighted by Gasteiger charge is -2.26. The van der Waals surface area contributed by atoms with Crippen molar-refractivity contribution in [2.24, 2.45) is 0 Å². The van der Waals surface area contributed by atoms with Crippen molar-refractivity contribution in [3.8, 4) is 17.2 Å². The minimum absolute atomic E-state index is 0.0311. The molecule has 2 aliphatic heterocycles. The van der Waals surface area contributed by atoms with Crippen LogP contribution in [0.1, 0.15) is 41.6 Å². The SMILES string of the molecule is COc1cc(C2/C(=C(\O)c3ccc4c(c3)CC(C)O4)C(=O)C(=O)N2CCCn2ccnc2)ccc1OCc1ccccc1.